The number of nitrogens with one attached hydrogen (secondary N) is 1. The van der Waals surface area contributed by atoms with E-state index in [9.17, 15) is 4.79 Å². The van der Waals surface area contributed by atoms with Gasteiger partial charge in [0.1, 0.15) is 0 Å². The summed E-state index contributed by atoms with van der Waals surface area (Å²) in [5.74, 6) is -0.0990. The van der Waals surface area contributed by atoms with Crippen LogP contribution in [0.4, 0.5) is 0 Å². The van der Waals surface area contributed by atoms with E-state index in [-0.39, 0.29) is 5.91 Å². The highest BCUT2D eigenvalue weighted by molar-refractivity contribution is 5.94. The molecule has 4 heteroatoms. The van der Waals surface area contributed by atoms with Crippen molar-refractivity contribution in [3.63, 3.8) is 0 Å². The van der Waals surface area contributed by atoms with Crippen LogP contribution in [-0.4, -0.2) is 15.9 Å². The Balaban J connectivity index is 1.72. The Bertz CT molecular complexity index is 843. The van der Waals surface area contributed by atoms with Crippen molar-refractivity contribution in [1.82, 2.24) is 15.3 Å². The van der Waals surface area contributed by atoms with Crippen LogP contribution >= 0.6 is 0 Å². The molecule has 1 N–H and O–H groups in total. The number of carbonyl (C=O) groups is 1. The third-order valence-corrected chi connectivity index (χ3v) is 3.70. The van der Waals surface area contributed by atoms with Crippen molar-refractivity contribution in [2.24, 2.45) is 0 Å². The summed E-state index contributed by atoms with van der Waals surface area (Å²) in [7, 11) is 0. The first-order valence-electron chi connectivity index (χ1n) is 7.19. The number of hydrogen-bond donors (Lipinski definition) is 1. The SMILES string of the molecule is Cc1ccc(C(=O)NCc2cnc3ccccc3n2)cc1C. The lowest BCUT2D eigenvalue weighted by molar-refractivity contribution is 0.0950. The Morgan fingerprint density at radius 3 is 2.59 bits per heavy atom. The smallest absolute Gasteiger partial charge is 0.251 e. The van der Waals surface area contributed by atoms with Crippen molar-refractivity contribution in [2.45, 2.75) is 20.4 Å². The van der Waals surface area contributed by atoms with Gasteiger partial charge in [-0.25, -0.2) is 4.98 Å². The molecule has 3 aromatic rings. The molecule has 0 aliphatic heterocycles. The van der Waals surface area contributed by atoms with Gasteiger partial charge in [-0.2, -0.15) is 0 Å². The summed E-state index contributed by atoms with van der Waals surface area (Å²) in [5, 5.41) is 2.89. The largest absolute Gasteiger partial charge is 0.346 e. The molecule has 0 atom stereocenters. The van der Waals surface area contributed by atoms with Gasteiger partial charge in [-0.3, -0.25) is 9.78 Å². The van der Waals surface area contributed by atoms with Crippen LogP contribution in [0, 0.1) is 13.8 Å². The van der Waals surface area contributed by atoms with E-state index >= 15 is 0 Å². The third-order valence-electron chi connectivity index (χ3n) is 3.70. The maximum absolute atomic E-state index is 12.2. The minimum Gasteiger partial charge on any atom is -0.346 e. The number of hydrogen-bond acceptors (Lipinski definition) is 3. The van der Waals surface area contributed by atoms with Crippen LogP contribution in [0.1, 0.15) is 27.2 Å². The number of para-hydroxylation sites is 2. The van der Waals surface area contributed by atoms with Crippen LogP contribution in [0.2, 0.25) is 0 Å². The number of fused-ring (bicyclic) bond motifs is 1. The zero-order valence-corrected chi connectivity index (χ0v) is 12.6. The predicted molar refractivity (Wildman–Crippen MR) is 86.6 cm³/mol. The van der Waals surface area contributed by atoms with E-state index in [2.05, 4.69) is 15.3 Å². The summed E-state index contributed by atoms with van der Waals surface area (Å²) in [6, 6.07) is 13.4. The van der Waals surface area contributed by atoms with Crippen molar-refractivity contribution in [2.75, 3.05) is 0 Å². The average molecular weight is 291 g/mol. The molecule has 2 aromatic carbocycles. The number of aryl methyl sites for hydroxylation is 2. The molecule has 110 valence electrons. The molecular formula is C18H17N3O. The molecule has 0 spiro atoms. The first kappa shape index (κ1) is 14.2. The molecule has 22 heavy (non-hydrogen) atoms. The molecular weight excluding hydrogens is 274 g/mol. The first-order chi connectivity index (χ1) is 10.6. The number of carbonyl (C=O) groups excluding carboxylic acids is 1. The lowest BCUT2D eigenvalue weighted by atomic mass is 10.1. The molecule has 0 fully saturated rings. The van der Waals surface area contributed by atoms with Crippen LogP contribution in [0.15, 0.2) is 48.7 Å². The molecule has 0 aliphatic carbocycles. The molecule has 1 heterocycles. The van der Waals surface area contributed by atoms with Gasteiger partial charge in [0, 0.05) is 5.56 Å². The Labute approximate surface area is 129 Å². The van der Waals surface area contributed by atoms with Crippen LogP contribution in [0.25, 0.3) is 11.0 Å². The molecule has 0 saturated carbocycles. The van der Waals surface area contributed by atoms with Crippen LogP contribution in [-0.2, 0) is 6.54 Å². The van der Waals surface area contributed by atoms with Crippen molar-refractivity contribution >= 4 is 16.9 Å². The van der Waals surface area contributed by atoms with E-state index in [4.69, 9.17) is 0 Å². The second-order valence-corrected chi connectivity index (χ2v) is 5.33. The number of amides is 1. The fourth-order valence-electron chi connectivity index (χ4n) is 2.24. The lowest BCUT2D eigenvalue weighted by Crippen LogP contribution is -2.23. The number of benzene rings is 2. The van der Waals surface area contributed by atoms with Crippen molar-refractivity contribution in [3.05, 3.63) is 71.0 Å². The van der Waals surface area contributed by atoms with Gasteiger partial charge in [0.05, 0.1) is 29.5 Å². The highest BCUT2D eigenvalue weighted by Crippen LogP contribution is 2.11. The monoisotopic (exact) mass is 291 g/mol. The Morgan fingerprint density at radius 1 is 1.05 bits per heavy atom. The Kier molecular flexibility index (Phi) is 3.83. The molecule has 3 rings (SSSR count). The molecule has 0 bridgehead atoms. The molecule has 0 radical (unpaired) electrons. The van der Waals surface area contributed by atoms with Gasteiger partial charge < -0.3 is 5.32 Å². The van der Waals surface area contributed by atoms with Gasteiger partial charge in [0.25, 0.3) is 5.91 Å². The van der Waals surface area contributed by atoms with Gasteiger partial charge in [0.2, 0.25) is 0 Å². The minimum atomic E-state index is -0.0990. The van der Waals surface area contributed by atoms with Gasteiger partial charge in [-0.1, -0.05) is 18.2 Å². The van der Waals surface area contributed by atoms with Gasteiger partial charge in [0.15, 0.2) is 0 Å². The summed E-state index contributed by atoms with van der Waals surface area (Å²) in [6.45, 7) is 4.40. The van der Waals surface area contributed by atoms with Gasteiger partial charge >= 0.3 is 0 Å². The summed E-state index contributed by atoms with van der Waals surface area (Å²) < 4.78 is 0. The Morgan fingerprint density at radius 2 is 1.82 bits per heavy atom. The highest BCUT2D eigenvalue weighted by atomic mass is 16.1. The molecule has 4 nitrogen and oxygen atoms in total. The molecule has 1 aromatic heterocycles. The second kappa shape index (κ2) is 5.93. The molecule has 0 aliphatic rings. The summed E-state index contributed by atoms with van der Waals surface area (Å²) in [6.07, 6.45) is 1.70. The predicted octanol–water partition coefficient (Wildman–Crippen LogP) is 3.18. The normalized spacial score (nSPS) is 10.6. The summed E-state index contributed by atoms with van der Waals surface area (Å²) in [5.41, 5.74) is 5.38. The van der Waals surface area contributed by atoms with E-state index in [1.807, 2.05) is 56.3 Å². The van der Waals surface area contributed by atoms with Crippen molar-refractivity contribution in [3.8, 4) is 0 Å². The van der Waals surface area contributed by atoms with Crippen LogP contribution in [0.3, 0.4) is 0 Å². The fourth-order valence-corrected chi connectivity index (χ4v) is 2.24. The second-order valence-electron chi connectivity index (χ2n) is 5.33. The van der Waals surface area contributed by atoms with Crippen molar-refractivity contribution < 1.29 is 4.79 Å². The maximum Gasteiger partial charge on any atom is 0.251 e. The zero-order valence-electron chi connectivity index (χ0n) is 12.6. The lowest BCUT2D eigenvalue weighted by Gasteiger charge is -2.07. The van der Waals surface area contributed by atoms with E-state index in [1.54, 1.807) is 6.20 Å². The van der Waals surface area contributed by atoms with E-state index in [0.29, 0.717) is 12.1 Å². The maximum atomic E-state index is 12.2. The third kappa shape index (κ3) is 2.96. The molecule has 0 unspecified atom stereocenters. The fraction of sp³-hybridized carbons (Fsp3) is 0.167. The quantitative estimate of drug-likeness (QED) is 0.806. The minimum absolute atomic E-state index is 0.0990. The van der Waals surface area contributed by atoms with Gasteiger partial charge in [-0.15, -0.1) is 0 Å². The number of rotatable bonds is 3. The average Bonchev–Trinajstić information content (AvgIpc) is 2.55. The number of nitrogens with zero attached hydrogens (tertiary/aromatic N) is 2. The van der Waals surface area contributed by atoms with E-state index in [0.717, 1.165) is 22.3 Å². The summed E-state index contributed by atoms with van der Waals surface area (Å²) >= 11 is 0. The number of aromatic nitrogens is 2. The van der Waals surface area contributed by atoms with Crippen LogP contribution < -0.4 is 5.32 Å². The topological polar surface area (TPSA) is 54.9 Å². The first-order valence-corrected chi connectivity index (χ1v) is 7.19. The molecule has 1 amide bonds. The standard InChI is InChI=1S/C18H17N3O/c1-12-7-8-14(9-13(12)2)18(22)20-11-15-10-19-16-5-3-4-6-17(16)21-15/h3-10H,11H2,1-2H3,(H,20,22). The van der Waals surface area contributed by atoms with Gasteiger partial charge in [-0.05, 0) is 49.2 Å². The highest BCUT2D eigenvalue weighted by Gasteiger charge is 2.07. The summed E-state index contributed by atoms with van der Waals surface area (Å²) in [4.78, 5) is 21.0. The molecule has 0 saturated heterocycles. The zero-order chi connectivity index (χ0) is 15.5. The van der Waals surface area contributed by atoms with E-state index in [1.165, 1.54) is 5.56 Å². The van der Waals surface area contributed by atoms with Crippen LogP contribution in [0.5, 0.6) is 0 Å². The van der Waals surface area contributed by atoms with E-state index < -0.39 is 0 Å². The van der Waals surface area contributed by atoms with Crippen molar-refractivity contribution in [1.29, 1.82) is 0 Å². The Hall–Kier alpha value is -2.75.